The Balaban J connectivity index is 0.00000133. The van der Waals surface area contributed by atoms with E-state index in [1.165, 1.54) is 5.69 Å². The van der Waals surface area contributed by atoms with Gasteiger partial charge in [-0.25, -0.2) is 4.98 Å². The summed E-state index contributed by atoms with van der Waals surface area (Å²) < 4.78 is 7.51. The lowest BCUT2D eigenvalue weighted by molar-refractivity contribution is -0.142. The summed E-state index contributed by atoms with van der Waals surface area (Å²) in [6.07, 6.45) is 5.46. The molecule has 19 heavy (non-hydrogen) atoms. The third-order valence-corrected chi connectivity index (χ3v) is 4.06. The van der Waals surface area contributed by atoms with Crippen LogP contribution < -0.4 is 0 Å². The predicted molar refractivity (Wildman–Crippen MR) is 71.7 cm³/mol. The van der Waals surface area contributed by atoms with Crippen LogP contribution in [0.15, 0.2) is 6.20 Å². The molecule has 0 aliphatic carbocycles. The molecule has 106 valence electrons. The first kappa shape index (κ1) is 14.3. The third kappa shape index (κ3) is 2.77. The van der Waals surface area contributed by atoms with E-state index in [1.54, 1.807) is 0 Å². The van der Waals surface area contributed by atoms with Crippen molar-refractivity contribution in [3.8, 4) is 0 Å². The molecule has 1 aromatic rings. The lowest BCUT2D eigenvalue weighted by atomic mass is 9.96. The minimum absolute atomic E-state index is 0. The molecule has 1 fully saturated rings. The SMILES string of the molecule is Cl.O=C(O)C1CCc2cnc(C3CCOCC3)n2C1. The Hall–Kier alpha value is -1.07. The molecule has 0 aromatic carbocycles. The zero-order valence-electron chi connectivity index (χ0n) is 10.7. The van der Waals surface area contributed by atoms with Crippen LogP contribution in [0.25, 0.3) is 0 Å². The van der Waals surface area contributed by atoms with Crippen molar-refractivity contribution in [3.63, 3.8) is 0 Å². The zero-order valence-corrected chi connectivity index (χ0v) is 11.6. The van der Waals surface area contributed by atoms with Crippen molar-refractivity contribution < 1.29 is 14.6 Å². The Morgan fingerprint density at radius 3 is 2.79 bits per heavy atom. The highest BCUT2D eigenvalue weighted by Gasteiger charge is 2.29. The lowest BCUT2D eigenvalue weighted by Gasteiger charge is -2.27. The van der Waals surface area contributed by atoms with E-state index < -0.39 is 5.97 Å². The number of hydrogen-bond donors (Lipinski definition) is 1. The van der Waals surface area contributed by atoms with Crippen molar-refractivity contribution in [1.29, 1.82) is 0 Å². The van der Waals surface area contributed by atoms with Crippen LogP contribution in [0.2, 0.25) is 0 Å². The average molecular weight is 287 g/mol. The number of hydrogen-bond acceptors (Lipinski definition) is 3. The Morgan fingerprint density at radius 2 is 2.11 bits per heavy atom. The summed E-state index contributed by atoms with van der Waals surface area (Å²) >= 11 is 0. The summed E-state index contributed by atoms with van der Waals surface area (Å²) in [7, 11) is 0. The number of ether oxygens (including phenoxy) is 1. The molecule has 3 heterocycles. The Bertz CT molecular complexity index is 455. The number of halogens is 1. The molecular weight excluding hydrogens is 268 g/mol. The number of aromatic nitrogens is 2. The van der Waals surface area contributed by atoms with Crippen LogP contribution in [0.1, 0.15) is 36.7 Å². The molecule has 2 aliphatic heterocycles. The van der Waals surface area contributed by atoms with Crippen LogP contribution in [-0.2, 0) is 22.5 Å². The molecule has 1 atom stereocenters. The van der Waals surface area contributed by atoms with E-state index in [0.29, 0.717) is 12.5 Å². The standard InChI is InChI=1S/C13H18N2O3.ClH/c16-13(17)10-1-2-11-7-14-12(15(11)8-10)9-3-5-18-6-4-9;/h7,9-10H,1-6,8H2,(H,16,17);1H. The topological polar surface area (TPSA) is 64.3 Å². The second-order valence-electron chi connectivity index (χ2n) is 5.18. The normalized spacial score (nSPS) is 23.5. The molecule has 1 aromatic heterocycles. The summed E-state index contributed by atoms with van der Waals surface area (Å²) in [5.41, 5.74) is 1.19. The van der Waals surface area contributed by atoms with Crippen LogP contribution in [0.5, 0.6) is 0 Å². The molecular formula is C13H19ClN2O3. The molecule has 1 N–H and O–H groups in total. The van der Waals surface area contributed by atoms with Gasteiger partial charge in [-0.3, -0.25) is 4.79 Å². The van der Waals surface area contributed by atoms with Crippen molar-refractivity contribution >= 4 is 18.4 Å². The third-order valence-electron chi connectivity index (χ3n) is 4.06. The second-order valence-corrected chi connectivity index (χ2v) is 5.18. The first-order chi connectivity index (χ1) is 8.75. The molecule has 0 spiro atoms. The number of imidazole rings is 1. The van der Waals surface area contributed by atoms with Crippen LogP contribution in [0.4, 0.5) is 0 Å². The van der Waals surface area contributed by atoms with Crippen LogP contribution in [0.3, 0.4) is 0 Å². The van der Waals surface area contributed by atoms with Gasteiger partial charge in [-0.05, 0) is 25.7 Å². The number of aliphatic carboxylic acids is 1. The van der Waals surface area contributed by atoms with E-state index in [2.05, 4.69) is 9.55 Å². The molecule has 2 aliphatic rings. The number of fused-ring (bicyclic) bond motifs is 1. The highest BCUT2D eigenvalue weighted by Crippen LogP contribution is 2.30. The number of aryl methyl sites for hydroxylation is 1. The molecule has 5 nitrogen and oxygen atoms in total. The predicted octanol–water partition coefficient (Wildman–Crippen LogP) is 1.85. The first-order valence-electron chi connectivity index (χ1n) is 6.60. The summed E-state index contributed by atoms with van der Waals surface area (Å²) in [5.74, 6) is 0.553. The van der Waals surface area contributed by atoms with Gasteiger partial charge in [0, 0.05) is 37.6 Å². The number of rotatable bonds is 2. The summed E-state index contributed by atoms with van der Waals surface area (Å²) in [6.45, 7) is 2.15. The summed E-state index contributed by atoms with van der Waals surface area (Å²) in [4.78, 5) is 15.6. The smallest absolute Gasteiger partial charge is 0.308 e. The monoisotopic (exact) mass is 286 g/mol. The molecule has 0 saturated carbocycles. The molecule has 0 radical (unpaired) electrons. The molecule has 1 saturated heterocycles. The van der Waals surface area contributed by atoms with Crippen LogP contribution in [-0.4, -0.2) is 33.8 Å². The Morgan fingerprint density at radius 1 is 1.37 bits per heavy atom. The van der Waals surface area contributed by atoms with E-state index in [9.17, 15) is 4.79 Å². The van der Waals surface area contributed by atoms with Crippen molar-refractivity contribution in [2.45, 2.75) is 38.1 Å². The van der Waals surface area contributed by atoms with Gasteiger partial charge < -0.3 is 14.4 Å². The Labute approximate surface area is 118 Å². The van der Waals surface area contributed by atoms with Gasteiger partial charge in [-0.15, -0.1) is 12.4 Å². The minimum Gasteiger partial charge on any atom is -0.481 e. The molecule has 6 heteroatoms. The molecule has 3 rings (SSSR count). The van der Waals surface area contributed by atoms with Crippen molar-refractivity contribution in [3.05, 3.63) is 17.7 Å². The van der Waals surface area contributed by atoms with Crippen molar-refractivity contribution in [2.24, 2.45) is 5.92 Å². The van der Waals surface area contributed by atoms with Crippen LogP contribution in [0, 0.1) is 5.92 Å². The first-order valence-corrected chi connectivity index (χ1v) is 6.60. The van der Waals surface area contributed by atoms with Gasteiger partial charge in [0.05, 0.1) is 5.92 Å². The van der Waals surface area contributed by atoms with E-state index >= 15 is 0 Å². The maximum atomic E-state index is 11.1. The van der Waals surface area contributed by atoms with E-state index in [4.69, 9.17) is 9.84 Å². The number of carboxylic acid groups (broad SMARTS) is 1. The maximum Gasteiger partial charge on any atom is 0.308 e. The molecule has 0 bridgehead atoms. The number of carboxylic acids is 1. The fraction of sp³-hybridized carbons (Fsp3) is 0.692. The van der Waals surface area contributed by atoms with Crippen molar-refractivity contribution in [2.75, 3.05) is 13.2 Å². The lowest BCUT2D eigenvalue weighted by Crippen LogP contribution is -2.28. The van der Waals surface area contributed by atoms with Gasteiger partial charge in [0.1, 0.15) is 5.82 Å². The quantitative estimate of drug-likeness (QED) is 0.901. The molecule has 0 amide bonds. The van der Waals surface area contributed by atoms with Gasteiger partial charge in [0.15, 0.2) is 0 Å². The zero-order chi connectivity index (χ0) is 12.5. The van der Waals surface area contributed by atoms with E-state index in [1.807, 2.05) is 6.20 Å². The Kier molecular flexibility index (Phi) is 4.47. The van der Waals surface area contributed by atoms with Gasteiger partial charge in [0.25, 0.3) is 0 Å². The minimum atomic E-state index is -0.688. The highest BCUT2D eigenvalue weighted by atomic mass is 35.5. The fourth-order valence-electron chi connectivity index (χ4n) is 2.95. The summed E-state index contributed by atoms with van der Waals surface area (Å²) in [5, 5.41) is 9.15. The fourth-order valence-corrected chi connectivity index (χ4v) is 2.95. The van der Waals surface area contributed by atoms with Gasteiger partial charge in [-0.1, -0.05) is 0 Å². The second kappa shape index (κ2) is 5.92. The largest absolute Gasteiger partial charge is 0.481 e. The van der Waals surface area contributed by atoms with Gasteiger partial charge in [-0.2, -0.15) is 0 Å². The maximum absolute atomic E-state index is 11.1. The van der Waals surface area contributed by atoms with Crippen molar-refractivity contribution in [1.82, 2.24) is 9.55 Å². The average Bonchev–Trinajstić information content (AvgIpc) is 2.82. The van der Waals surface area contributed by atoms with Gasteiger partial charge in [0.2, 0.25) is 0 Å². The highest BCUT2D eigenvalue weighted by molar-refractivity contribution is 5.85. The molecule has 1 unspecified atom stereocenters. The number of carbonyl (C=O) groups is 1. The van der Waals surface area contributed by atoms with Gasteiger partial charge >= 0.3 is 5.97 Å². The number of nitrogens with zero attached hydrogens (tertiary/aromatic N) is 2. The summed E-state index contributed by atoms with van der Waals surface area (Å²) in [6, 6.07) is 0. The van der Waals surface area contributed by atoms with E-state index in [0.717, 1.165) is 44.7 Å². The van der Waals surface area contributed by atoms with E-state index in [-0.39, 0.29) is 18.3 Å². The van der Waals surface area contributed by atoms with Crippen LogP contribution >= 0.6 is 12.4 Å².